The molecule has 1 aromatic rings. The first kappa shape index (κ1) is 11.8. The van der Waals surface area contributed by atoms with Gasteiger partial charge >= 0.3 is 5.97 Å². The molecule has 1 aliphatic heterocycles. The Kier molecular flexibility index (Phi) is 2.95. The van der Waals surface area contributed by atoms with E-state index in [1.807, 2.05) is 0 Å². The van der Waals surface area contributed by atoms with Gasteiger partial charge in [0.2, 0.25) is 0 Å². The molecule has 0 aliphatic carbocycles. The van der Waals surface area contributed by atoms with Crippen LogP contribution in [0.4, 0.5) is 0 Å². The molecule has 1 fully saturated rings. The van der Waals surface area contributed by atoms with E-state index in [1.54, 1.807) is 19.1 Å². The minimum Gasteiger partial charge on any atom is -0.475 e. The van der Waals surface area contributed by atoms with Crippen molar-refractivity contribution < 1.29 is 24.2 Å². The number of ketones is 1. The summed E-state index contributed by atoms with van der Waals surface area (Å²) >= 11 is 0. The van der Waals surface area contributed by atoms with Gasteiger partial charge in [-0.15, -0.1) is 0 Å². The summed E-state index contributed by atoms with van der Waals surface area (Å²) in [6.45, 7) is 2.83. The lowest BCUT2D eigenvalue weighted by Crippen LogP contribution is -2.22. The van der Waals surface area contributed by atoms with Gasteiger partial charge in [0, 0.05) is 11.1 Å². The van der Waals surface area contributed by atoms with Crippen LogP contribution in [0.3, 0.4) is 0 Å². The Labute approximate surface area is 98.0 Å². The second-order valence-electron chi connectivity index (χ2n) is 3.85. The Bertz CT molecular complexity index is 442. The average molecular weight is 236 g/mol. The van der Waals surface area contributed by atoms with Gasteiger partial charge in [0.15, 0.2) is 5.79 Å². The zero-order chi connectivity index (χ0) is 12.5. The van der Waals surface area contributed by atoms with E-state index in [0.717, 1.165) is 5.56 Å². The standard InChI is InChI=1S/C12H12O5/c1-12(16-6-7-17-12)9-4-2-8(3-5-9)10(13)11(14)15/h2-5H,6-7H2,1H3,(H,14,15). The Morgan fingerprint density at radius 3 is 2.18 bits per heavy atom. The van der Waals surface area contributed by atoms with Gasteiger partial charge in [0.1, 0.15) is 0 Å². The van der Waals surface area contributed by atoms with E-state index in [2.05, 4.69) is 0 Å². The molecule has 0 spiro atoms. The van der Waals surface area contributed by atoms with Crippen molar-refractivity contribution in [1.82, 2.24) is 0 Å². The van der Waals surface area contributed by atoms with Crippen molar-refractivity contribution in [2.45, 2.75) is 12.7 Å². The van der Waals surface area contributed by atoms with Crippen LogP contribution in [0.5, 0.6) is 0 Å². The predicted octanol–water partition coefficient (Wildman–Crippen LogP) is 1.17. The second-order valence-corrected chi connectivity index (χ2v) is 3.85. The van der Waals surface area contributed by atoms with Gasteiger partial charge in [-0.1, -0.05) is 24.3 Å². The first-order chi connectivity index (χ1) is 8.03. The van der Waals surface area contributed by atoms with Crippen LogP contribution in [-0.2, 0) is 20.1 Å². The number of aliphatic carboxylic acids is 1. The summed E-state index contributed by atoms with van der Waals surface area (Å²) in [7, 11) is 0. The molecule has 90 valence electrons. The van der Waals surface area contributed by atoms with Crippen LogP contribution in [0.25, 0.3) is 0 Å². The summed E-state index contributed by atoms with van der Waals surface area (Å²) in [5.41, 5.74) is 0.903. The minimum atomic E-state index is -1.46. The van der Waals surface area contributed by atoms with E-state index < -0.39 is 17.5 Å². The Morgan fingerprint density at radius 1 is 1.18 bits per heavy atom. The van der Waals surface area contributed by atoms with Crippen LogP contribution in [0.2, 0.25) is 0 Å². The highest BCUT2D eigenvalue weighted by atomic mass is 16.7. The molecule has 5 nitrogen and oxygen atoms in total. The molecular formula is C12H12O5. The van der Waals surface area contributed by atoms with Crippen LogP contribution < -0.4 is 0 Å². The molecule has 0 aromatic heterocycles. The molecule has 0 unspecified atom stereocenters. The number of hydrogen-bond acceptors (Lipinski definition) is 4. The molecule has 0 radical (unpaired) electrons. The van der Waals surface area contributed by atoms with Gasteiger partial charge < -0.3 is 14.6 Å². The summed E-state index contributed by atoms with van der Waals surface area (Å²) in [6.07, 6.45) is 0. The molecule has 1 aliphatic rings. The monoisotopic (exact) mass is 236 g/mol. The number of carboxylic acids is 1. The Balaban J connectivity index is 2.24. The molecule has 0 amide bonds. The van der Waals surface area contributed by atoms with Crippen molar-refractivity contribution in [2.75, 3.05) is 13.2 Å². The molecule has 1 N–H and O–H groups in total. The van der Waals surface area contributed by atoms with Crippen LogP contribution >= 0.6 is 0 Å². The molecule has 17 heavy (non-hydrogen) atoms. The van der Waals surface area contributed by atoms with E-state index in [1.165, 1.54) is 12.1 Å². The van der Waals surface area contributed by atoms with Crippen LogP contribution in [0, 0.1) is 0 Å². The number of Topliss-reactive ketones (excluding diaryl/α,β-unsaturated/α-hetero) is 1. The van der Waals surface area contributed by atoms with Gasteiger partial charge in [-0.05, 0) is 6.92 Å². The second kappa shape index (κ2) is 4.27. The number of carboxylic acid groups (broad SMARTS) is 1. The van der Waals surface area contributed by atoms with Crippen molar-refractivity contribution in [1.29, 1.82) is 0 Å². The van der Waals surface area contributed by atoms with Crippen LogP contribution in [0.15, 0.2) is 24.3 Å². The minimum absolute atomic E-state index is 0.142. The maximum atomic E-state index is 11.2. The summed E-state index contributed by atoms with van der Waals surface area (Å²) in [5.74, 6) is -3.18. The third kappa shape index (κ3) is 2.20. The highest BCUT2D eigenvalue weighted by molar-refractivity contribution is 6.39. The molecule has 1 aromatic carbocycles. The van der Waals surface area contributed by atoms with Gasteiger partial charge in [-0.3, -0.25) is 4.79 Å². The summed E-state index contributed by atoms with van der Waals surface area (Å²) in [6, 6.07) is 6.20. The fraction of sp³-hybridized carbons (Fsp3) is 0.333. The van der Waals surface area contributed by atoms with Crippen molar-refractivity contribution in [2.24, 2.45) is 0 Å². The highest BCUT2D eigenvalue weighted by Gasteiger charge is 2.33. The fourth-order valence-corrected chi connectivity index (χ4v) is 1.73. The largest absolute Gasteiger partial charge is 0.475 e. The van der Waals surface area contributed by atoms with E-state index in [4.69, 9.17) is 14.6 Å². The fourth-order valence-electron chi connectivity index (χ4n) is 1.73. The molecule has 0 atom stereocenters. The first-order valence-corrected chi connectivity index (χ1v) is 5.19. The SMILES string of the molecule is CC1(c2ccc(C(=O)C(=O)O)cc2)OCCO1. The maximum Gasteiger partial charge on any atom is 0.377 e. The molecule has 2 rings (SSSR count). The maximum absolute atomic E-state index is 11.2. The number of ether oxygens (including phenoxy) is 2. The van der Waals surface area contributed by atoms with Crippen molar-refractivity contribution in [3.63, 3.8) is 0 Å². The zero-order valence-corrected chi connectivity index (χ0v) is 9.30. The number of rotatable bonds is 3. The van der Waals surface area contributed by atoms with Crippen molar-refractivity contribution >= 4 is 11.8 Å². The number of benzene rings is 1. The van der Waals surface area contributed by atoms with E-state index in [9.17, 15) is 9.59 Å². The average Bonchev–Trinajstić information content (AvgIpc) is 2.76. The van der Waals surface area contributed by atoms with Crippen molar-refractivity contribution in [3.05, 3.63) is 35.4 Å². The molecule has 0 saturated carbocycles. The van der Waals surface area contributed by atoms with Gasteiger partial charge in [-0.25, -0.2) is 4.79 Å². The summed E-state index contributed by atoms with van der Waals surface area (Å²) in [5, 5.41) is 8.57. The van der Waals surface area contributed by atoms with Gasteiger partial charge in [-0.2, -0.15) is 0 Å². The lowest BCUT2D eigenvalue weighted by molar-refractivity contribution is -0.149. The predicted molar refractivity (Wildman–Crippen MR) is 57.7 cm³/mol. The third-order valence-corrected chi connectivity index (χ3v) is 2.70. The summed E-state index contributed by atoms with van der Waals surface area (Å²) < 4.78 is 10.9. The molecule has 5 heteroatoms. The quantitative estimate of drug-likeness (QED) is 0.630. The molecule has 0 bridgehead atoms. The smallest absolute Gasteiger partial charge is 0.377 e. The summed E-state index contributed by atoms with van der Waals surface area (Å²) in [4.78, 5) is 21.7. The molecule has 1 saturated heterocycles. The zero-order valence-electron chi connectivity index (χ0n) is 9.30. The Morgan fingerprint density at radius 2 is 1.71 bits per heavy atom. The Hall–Kier alpha value is -1.72. The van der Waals surface area contributed by atoms with E-state index >= 15 is 0 Å². The normalized spacial score (nSPS) is 17.9. The van der Waals surface area contributed by atoms with Gasteiger partial charge in [0.05, 0.1) is 13.2 Å². The van der Waals surface area contributed by atoms with E-state index in [0.29, 0.717) is 13.2 Å². The van der Waals surface area contributed by atoms with Crippen LogP contribution in [0.1, 0.15) is 22.8 Å². The highest BCUT2D eigenvalue weighted by Crippen LogP contribution is 2.30. The lowest BCUT2D eigenvalue weighted by Gasteiger charge is -2.22. The topological polar surface area (TPSA) is 72.8 Å². The molecule has 1 heterocycles. The van der Waals surface area contributed by atoms with Gasteiger partial charge in [0.25, 0.3) is 5.78 Å². The molecular weight excluding hydrogens is 224 g/mol. The lowest BCUT2D eigenvalue weighted by atomic mass is 10.0. The van der Waals surface area contributed by atoms with E-state index in [-0.39, 0.29) is 5.56 Å². The number of carbonyl (C=O) groups is 2. The number of carbonyl (C=O) groups excluding carboxylic acids is 1. The van der Waals surface area contributed by atoms with Crippen molar-refractivity contribution in [3.8, 4) is 0 Å². The third-order valence-electron chi connectivity index (χ3n) is 2.70. The number of hydrogen-bond donors (Lipinski definition) is 1. The first-order valence-electron chi connectivity index (χ1n) is 5.19. The van der Waals surface area contributed by atoms with Crippen LogP contribution in [-0.4, -0.2) is 30.1 Å².